The summed E-state index contributed by atoms with van der Waals surface area (Å²) in [5.74, 6) is -1.45. The van der Waals surface area contributed by atoms with Crippen LogP contribution in [0.25, 0.3) is 0 Å². The summed E-state index contributed by atoms with van der Waals surface area (Å²) in [6, 6.07) is 10.5. The molecule has 186 valence electrons. The Labute approximate surface area is 199 Å². The molecular formula is C24H31F2N3O4S. The van der Waals surface area contributed by atoms with Crippen molar-refractivity contribution >= 4 is 10.0 Å². The Hall–Kier alpha value is -2.53. The van der Waals surface area contributed by atoms with Gasteiger partial charge in [-0.2, -0.15) is 0 Å². The smallest absolute Gasteiger partial charge is 0.244 e. The van der Waals surface area contributed by atoms with Gasteiger partial charge in [0.1, 0.15) is 17.9 Å². The summed E-state index contributed by atoms with van der Waals surface area (Å²) in [5.41, 5.74) is 2.60. The van der Waals surface area contributed by atoms with Gasteiger partial charge in [0.2, 0.25) is 16.4 Å². The van der Waals surface area contributed by atoms with Crippen molar-refractivity contribution in [2.45, 2.75) is 44.8 Å². The fourth-order valence-corrected chi connectivity index (χ4v) is 4.39. The van der Waals surface area contributed by atoms with Crippen molar-refractivity contribution in [3.05, 3.63) is 83.3 Å². The standard InChI is InChI=1S/C24H31F2N3O4S/c1-4-17-6-5-7-18(10-17)15-27-16-23(30)22(13-19-11-20(25)14-21(26)12-19)29-8-9-33-24(29)28(2)34(3,31)32/h5-12,14,22-24,27,30H,4,13,15-16H2,1-3H3/t22-,23+,24?/m0/s1. The molecule has 7 nitrogen and oxygen atoms in total. The van der Waals surface area contributed by atoms with Gasteiger partial charge in [0, 0.05) is 32.4 Å². The number of rotatable bonds is 11. The quantitative estimate of drug-likeness (QED) is 0.499. The number of halogens is 2. The van der Waals surface area contributed by atoms with Crippen LogP contribution in [0.3, 0.4) is 0 Å². The molecule has 2 aromatic carbocycles. The van der Waals surface area contributed by atoms with E-state index in [-0.39, 0.29) is 13.0 Å². The molecule has 3 atom stereocenters. The lowest BCUT2D eigenvalue weighted by Crippen LogP contribution is -2.54. The number of nitrogens with zero attached hydrogens (tertiary/aromatic N) is 2. The Bertz CT molecular complexity index is 1090. The highest BCUT2D eigenvalue weighted by Crippen LogP contribution is 2.24. The number of benzene rings is 2. The number of aliphatic hydroxyl groups excluding tert-OH is 1. The summed E-state index contributed by atoms with van der Waals surface area (Å²) < 4.78 is 58.3. The summed E-state index contributed by atoms with van der Waals surface area (Å²) in [5, 5.41) is 14.3. The second-order valence-electron chi connectivity index (χ2n) is 8.39. The highest BCUT2D eigenvalue weighted by atomic mass is 32.2. The van der Waals surface area contributed by atoms with E-state index in [4.69, 9.17) is 4.74 Å². The fourth-order valence-electron chi connectivity index (χ4n) is 3.90. The molecule has 0 spiro atoms. The van der Waals surface area contributed by atoms with E-state index >= 15 is 0 Å². The van der Waals surface area contributed by atoms with Gasteiger partial charge in [0.25, 0.3) is 0 Å². The van der Waals surface area contributed by atoms with Gasteiger partial charge in [-0.3, -0.25) is 0 Å². The molecular weight excluding hydrogens is 464 g/mol. The molecule has 2 aromatic rings. The van der Waals surface area contributed by atoms with Crippen LogP contribution >= 0.6 is 0 Å². The maximum atomic E-state index is 13.8. The number of hydrogen-bond donors (Lipinski definition) is 2. The van der Waals surface area contributed by atoms with Crippen molar-refractivity contribution in [3.8, 4) is 0 Å². The van der Waals surface area contributed by atoms with Crippen LogP contribution in [0.15, 0.2) is 54.9 Å². The van der Waals surface area contributed by atoms with Crippen molar-refractivity contribution in [1.29, 1.82) is 0 Å². The van der Waals surface area contributed by atoms with Crippen LogP contribution in [0, 0.1) is 11.6 Å². The number of aliphatic hydroxyl groups is 1. The molecule has 0 aliphatic carbocycles. The van der Waals surface area contributed by atoms with Crippen LogP contribution < -0.4 is 5.32 Å². The first-order valence-electron chi connectivity index (χ1n) is 11.0. The van der Waals surface area contributed by atoms with E-state index in [0.717, 1.165) is 28.6 Å². The number of hydrogen-bond acceptors (Lipinski definition) is 6. The third kappa shape index (κ3) is 6.75. The van der Waals surface area contributed by atoms with E-state index in [2.05, 4.69) is 18.3 Å². The van der Waals surface area contributed by atoms with E-state index in [1.165, 1.54) is 37.2 Å². The Kier molecular flexibility index (Phi) is 8.64. The van der Waals surface area contributed by atoms with Gasteiger partial charge in [-0.25, -0.2) is 17.2 Å². The number of sulfonamides is 1. The number of ether oxygens (including phenoxy) is 1. The summed E-state index contributed by atoms with van der Waals surface area (Å²) in [6.45, 7) is 2.76. The molecule has 0 saturated heterocycles. The minimum absolute atomic E-state index is 0.0602. The molecule has 1 unspecified atom stereocenters. The zero-order chi connectivity index (χ0) is 24.9. The molecule has 2 N–H and O–H groups in total. The first-order chi connectivity index (χ1) is 16.1. The largest absolute Gasteiger partial charge is 0.462 e. The monoisotopic (exact) mass is 495 g/mol. The third-order valence-corrected chi connectivity index (χ3v) is 7.03. The van der Waals surface area contributed by atoms with E-state index in [0.29, 0.717) is 12.1 Å². The summed E-state index contributed by atoms with van der Waals surface area (Å²) in [7, 11) is -2.25. The maximum absolute atomic E-state index is 13.8. The lowest BCUT2D eigenvalue weighted by molar-refractivity contribution is -0.0643. The fraction of sp³-hybridized carbons (Fsp3) is 0.417. The van der Waals surface area contributed by atoms with E-state index in [1.807, 2.05) is 18.2 Å². The van der Waals surface area contributed by atoms with E-state index < -0.39 is 40.2 Å². The van der Waals surface area contributed by atoms with Crippen LogP contribution in [0.5, 0.6) is 0 Å². The lowest BCUT2D eigenvalue weighted by Gasteiger charge is -2.38. The van der Waals surface area contributed by atoms with Crippen LogP contribution in [0.1, 0.15) is 23.6 Å². The van der Waals surface area contributed by atoms with Gasteiger partial charge < -0.3 is 20.1 Å². The SMILES string of the molecule is CCc1cccc(CNC[C@@H](O)[C@H](Cc2cc(F)cc(F)c2)N2C=COC2N(C)S(C)(=O)=O)c1. The highest BCUT2D eigenvalue weighted by Gasteiger charge is 2.38. The molecule has 10 heteroatoms. The predicted octanol–water partition coefficient (Wildman–Crippen LogP) is 2.57. The number of aryl methyl sites for hydroxylation is 1. The van der Waals surface area contributed by atoms with Gasteiger partial charge in [0.05, 0.1) is 18.4 Å². The van der Waals surface area contributed by atoms with Crippen LogP contribution in [0.4, 0.5) is 8.78 Å². The first kappa shape index (κ1) is 26.1. The first-order valence-corrected chi connectivity index (χ1v) is 12.9. The topological polar surface area (TPSA) is 82.1 Å². The predicted molar refractivity (Wildman–Crippen MR) is 126 cm³/mol. The second kappa shape index (κ2) is 11.3. The molecule has 0 fully saturated rings. The minimum atomic E-state index is -3.61. The molecule has 1 aliphatic heterocycles. The van der Waals surface area contributed by atoms with Crippen molar-refractivity contribution < 1.29 is 27.0 Å². The molecule has 0 amide bonds. The average molecular weight is 496 g/mol. The average Bonchev–Trinajstić information content (AvgIpc) is 3.25. The summed E-state index contributed by atoms with van der Waals surface area (Å²) in [6.07, 6.45) is 2.84. The van der Waals surface area contributed by atoms with Crippen LogP contribution in [-0.2, 0) is 34.1 Å². The lowest BCUT2D eigenvalue weighted by atomic mass is 9.99. The third-order valence-electron chi connectivity index (χ3n) is 5.80. The van der Waals surface area contributed by atoms with Gasteiger partial charge in [-0.15, -0.1) is 4.31 Å². The van der Waals surface area contributed by atoms with Crippen LogP contribution in [0.2, 0.25) is 0 Å². The van der Waals surface area contributed by atoms with Crippen molar-refractivity contribution in [3.63, 3.8) is 0 Å². The molecule has 3 rings (SSSR count). The molecule has 0 saturated carbocycles. The number of nitrogens with one attached hydrogen (secondary N) is 1. The van der Waals surface area contributed by atoms with Crippen molar-refractivity contribution in [1.82, 2.24) is 14.5 Å². The van der Waals surface area contributed by atoms with Gasteiger partial charge in [-0.05, 0) is 41.7 Å². The minimum Gasteiger partial charge on any atom is -0.462 e. The van der Waals surface area contributed by atoms with E-state index in [1.54, 1.807) is 4.90 Å². The Balaban J connectivity index is 1.79. The zero-order valence-electron chi connectivity index (χ0n) is 19.5. The Morgan fingerprint density at radius 1 is 1.15 bits per heavy atom. The molecule has 34 heavy (non-hydrogen) atoms. The molecule has 0 radical (unpaired) electrons. The van der Waals surface area contributed by atoms with Crippen molar-refractivity contribution in [2.75, 3.05) is 19.8 Å². The Morgan fingerprint density at radius 2 is 1.82 bits per heavy atom. The second-order valence-corrected chi connectivity index (χ2v) is 10.4. The molecule has 0 bridgehead atoms. The van der Waals surface area contributed by atoms with Crippen LogP contribution in [-0.4, -0.2) is 61.1 Å². The summed E-state index contributed by atoms with van der Waals surface area (Å²) >= 11 is 0. The normalized spacial score (nSPS) is 17.7. The van der Waals surface area contributed by atoms with Gasteiger partial charge in [-0.1, -0.05) is 31.2 Å². The Morgan fingerprint density at radius 3 is 2.47 bits per heavy atom. The molecule has 0 aromatic heterocycles. The van der Waals surface area contributed by atoms with E-state index in [9.17, 15) is 22.3 Å². The summed E-state index contributed by atoms with van der Waals surface area (Å²) in [4.78, 5) is 1.55. The molecule has 1 heterocycles. The van der Waals surface area contributed by atoms with Gasteiger partial charge >= 0.3 is 0 Å². The highest BCUT2D eigenvalue weighted by molar-refractivity contribution is 7.88. The van der Waals surface area contributed by atoms with Gasteiger partial charge in [0.15, 0.2) is 0 Å². The molecule has 1 aliphatic rings. The maximum Gasteiger partial charge on any atom is 0.244 e. The zero-order valence-corrected chi connectivity index (χ0v) is 20.3. The van der Waals surface area contributed by atoms with Crippen molar-refractivity contribution in [2.24, 2.45) is 0 Å².